The summed E-state index contributed by atoms with van der Waals surface area (Å²) in [5.41, 5.74) is -6.29. The molecular weight excluding hydrogens is 488 g/mol. The molecular formula is C22H28FNa2O8P. The van der Waals surface area contributed by atoms with E-state index >= 15 is 4.39 Å². The zero-order valence-corrected chi connectivity index (χ0v) is 25.1. The van der Waals surface area contributed by atoms with Gasteiger partial charge in [0.2, 0.25) is 0 Å². The molecule has 0 bridgehead atoms. The van der Waals surface area contributed by atoms with Gasteiger partial charge in [-0.15, -0.1) is 0 Å². The van der Waals surface area contributed by atoms with Gasteiger partial charge in [-0.05, 0) is 56.6 Å². The zero-order chi connectivity index (χ0) is 23.9. The van der Waals surface area contributed by atoms with Gasteiger partial charge in [-0.2, -0.15) is 0 Å². The third-order valence-corrected chi connectivity index (χ3v) is 9.25. The van der Waals surface area contributed by atoms with Crippen LogP contribution in [0.15, 0.2) is 23.8 Å². The Kier molecular flexibility index (Phi) is 8.96. The molecule has 0 heterocycles. The second-order valence-corrected chi connectivity index (χ2v) is 11.5. The van der Waals surface area contributed by atoms with E-state index in [0.29, 0.717) is 18.4 Å². The Labute approximate surface area is 242 Å². The van der Waals surface area contributed by atoms with E-state index < -0.39 is 66.2 Å². The van der Waals surface area contributed by atoms with Gasteiger partial charge in [0.05, 0.1) is 20.5 Å². The molecule has 3 saturated carbocycles. The average molecular weight is 516 g/mol. The van der Waals surface area contributed by atoms with Gasteiger partial charge in [0, 0.05) is 16.7 Å². The number of carbonyl (C=O) groups excluding carboxylic acids is 2. The molecule has 0 amide bonds. The molecule has 3 fully saturated rings. The van der Waals surface area contributed by atoms with Crippen LogP contribution in [0.25, 0.3) is 0 Å². The van der Waals surface area contributed by atoms with Crippen molar-refractivity contribution in [1.82, 2.24) is 0 Å². The van der Waals surface area contributed by atoms with E-state index in [2.05, 4.69) is 4.52 Å². The van der Waals surface area contributed by atoms with Crippen LogP contribution in [-0.4, -0.2) is 45.8 Å². The quantitative estimate of drug-likeness (QED) is 0.280. The third-order valence-electron chi connectivity index (χ3n) is 8.81. The minimum absolute atomic E-state index is 0. The van der Waals surface area contributed by atoms with Gasteiger partial charge in [-0.1, -0.05) is 25.5 Å². The van der Waals surface area contributed by atoms with Crippen LogP contribution >= 0.6 is 7.82 Å². The van der Waals surface area contributed by atoms with E-state index in [1.54, 1.807) is 20.8 Å². The number of alkyl halides is 1. The predicted octanol–water partition coefficient (Wildman–Crippen LogP) is -5.24. The molecule has 4 rings (SSSR count). The third kappa shape index (κ3) is 4.40. The number of halogens is 1. The molecule has 8 atom stereocenters. The number of phosphoric ester groups is 1. The molecule has 0 aromatic carbocycles. The minimum atomic E-state index is -5.43. The normalized spacial score (nSPS) is 45.7. The Balaban J connectivity index is 0.00000204. The smallest absolute Gasteiger partial charge is 0.790 e. The Hall–Kier alpha value is 0.780. The second-order valence-electron chi connectivity index (χ2n) is 10.4. The monoisotopic (exact) mass is 516 g/mol. The van der Waals surface area contributed by atoms with Gasteiger partial charge in [0.25, 0.3) is 0 Å². The first-order chi connectivity index (χ1) is 14.6. The summed E-state index contributed by atoms with van der Waals surface area (Å²) < 4.78 is 32.2. The van der Waals surface area contributed by atoms with Crippen LogP contribution < -0.4 is 68.9 Å². The fraction of sp³-hybridized carbons (Fsp3) is 0.727. The van der Waals surface area contributed by atoms with Crippen molar-refractivity contribution >= 4 is 19.4 Å². The van der Waals surface area contributed by atoms with Crippen LogP contribution in [0.4, 0.5) is 4.39 Å². The predicted molar refractivity (Wildman–Crippen MR) is 106 cm³/mol. The Morgan fingerprint density at radius 2 is 1.85 bits per heavy atom. The van der Waals surface area contributed by atoms with Gasteiger partial charge < -0.3 is 29.1 Å². The number of Topliss-reactive ketones (excluding diaryl/α,β-unsaturated/α-hetero) is 1. The van der Waals surface area contributed by atoms with Crippen molar-refractivity contribution in [2.45, 2.75) is 63.8 Å². The van der Waals surface area contributed by atoms with Crippen LogP contribution in [0.5, 0.6) is 0 Å². The van der Waals surface area contributed by atoms with Crippen molar-refractivity contribution in [3.63, 3.8) is 0 Å². The first kappa shape index (κ1) is 31.0. The van der Waals surface area contributed by atoms with Crippen molar-refractivity contribution in [3.8, 4) is 0 Å². The molecule has 0 aliphatic heterocycles. The fourth-order valence-electron chi connectivity index (χ4n) is 6.94. The maximum atomic E-state index is 17.0. The van der Waals surface area contributed by atoms with E-state index in [9.17, 15) is 34.2 Å². The first-order valence-corrected chi connectivity index (χ1v) is 12.3. The summed E-state index contributed by atoms with van der Waals surface area (Å²) in [6.45, 7) is 3.76. The number of fused-ring (bicyclic) bond motifs is 5. The van der Waals surface area contributed by atoms with E-state index in [1.807, 2.05) is 0 Å². The molecule has 34 heavy (non-hydrogen) atoms. The minimum Gasteiger partial charge on any atom is -0.790 e. The summed E-state index contributed by atoms with van der Waals surface area (Å²) in [5, 5.41) is 22.2. The number of phosphoric acid groups is 1. The summed E-state index contributed by atoms with van der Waals surface area (Å²) in [6.07, 6.45) is 3.35. The zero-order valence-electron chi connectivity index (χ0n) is 20.2. The average Bonchev–Trinajstić information content (AvgIpc) is 2.69. The molecule has 0 aromatic heterocycles. The van der Waals surface area contributed by atoms with E-state index in [0.717, 1.165) is 0 Å². The van der Waals surface area contributed by atoms with Crippen LogP contribution in [-0.2, 0) is 18.7 Å². The number of aliphatic hydroxyl groups is 2. The molecule has 0 spiro atoms. The van der Waals surface area contributed by atoms with Crippen LogP contribution in [0, 0.1) is 28.6 Å². The molecule has 4 aliphatic rings. The number of carbonyl (C=O) groups is 2. The topological polar surface area (TPSA) is 147 Å². The summed E-state index contributed by atoms with van der Waals surface area (Å²) in [7, 11) is -5.43. The molecule has 0 saturated heterocycles. The summed E-state index contributed by atoms with van der Waals surface area (Å²) in [5.74, 6) is -3.03. The molecule has 8 nitrogen and oxygen atoms in total. The van der Waals surface area contributed by atoms with Crippen molar-refractivity contribution in [1.29, 1.82) is 0 Å². The summed E-state index contributed by atoms with van der Waals surface area (Å²) in [4.78, 5) is 47.3. The molecule has 12 heteroatoms. The van der Waals surface area contributed by atoms with Gasteiger partial charge in [0.15, 0.2) is 17.2 Å². The molecule has 0 unspecified atom stereocenters. The maximum absolute atomic E-state index is 17.0. The number of ketones is 2. The van der Waals surface area contributed by atoms with Crippen molar-refractivity contribution in [3.05, 3.63) is 23.8 Å². The maximum Gasteiger partial charge on any atom is 1.00 e. The van der Waals surface area contributed by atoms with Crippen molar-refractivity contribution < 1.29 is 102 Å². The molecule has 4 aliphatic carbocycles. The van der Waals surface area contributed by atoms with E-state index in [-0.39, 0.29) is 77.7 Å². The summed E-state index contributed by atoms with van der Waals surface area (Å²) >= 11 is 0. The molecule has 2 N–H and O–H groups in total. The standard InChI is InChI=1S/C22H30FO8P.2Na/c1-12-8-16-15-5-4-13-9-14(24)6-7-20(13,3)22(15,23)17(25)10-19(16,2)18(26)21(12,27)11-31-32(28,29)30;;/h6-7,9,12,15-17,25,27H,4-5,8,10-11H2,1-3H3,(H2,28,29,30);;/q;2*+1/p-2/t12-,15-,16-,17-,19-,20-,21+,22-;;/m0../s1. The van der Waals surface area contributed by atoms with E-state index in [4.69, 9.17) is 0 Å². The van der Waals surface area contributed by atoms with Crippen LogP contribution in [0.1, 0.15) is 46.5 Å². The molecule has 0 radical (unpaired) electrons. The van der Waals surface area contributed by atoms with Gasteiger partial charge >= 0.3 is 59.1 Å². The Morgan fingerprint density at radius 3 is 2.44 bits per heavy atom. The van der Waals surface area contributed by atoms with Gasteiger partial charge in [-0.25, -0.2) is 4.39 Å². The van der Waals surface area contributed by atoms with E-state index in [1.165, 1.54) is 18.2 Å². The van der Waals surface area contributed by atoms with Crippen LogP contribution in [0.2, 0.25) is 0 Å². The van der Waals surface area contributed by atoms with Crippen molar-refractivity contribution in [2.75, 3.05) is 6.61 Å². The largest absolute Gasteiger partial charge is 1.00 e. The Bertz CT molecular complexity index is 984. The van der Waals surface area contributed by atoms with Gasteiger partial charge in [-0.3, -0.25) is 9.59 Å². The number of aliphatic hydroxyl groups excluding tert-OH is 1. The number of hydrogen-bond acceptors (Lipinski definition) is 8. The number of allylic oxidation sites excluding steroid dienone is 4. The SMILES string of the molecule is C[C@H]1C[C@H]2[C@@H]3CCC4=CC(=O)C=C[C@]4(C)[C@@]3(F)[C@@H](O)C[C@]2(C)C(=O)[C@@]1(O)COP(=O)([O-])[O-].[Na+].[Na+]. The first-order valence-electron chi connectivity index (χ1n) is 10.8. The Morgan fingerprint density at radius 1 is 1.24 bits per heavy atom. The second kappa shape index (κ2) is 9.83. The molecule has 0 aromatic rings. The summed E-state index contributed by atoms with van der Waals surface area (Å²) in [6, 6.07) is 0. The number of hydrogen-bond donors (Lipinski definition) is 2. The van der Waals surface area contributed by atoms with Crippen LogP contribution in [0.3, 0.4) is 0 Å². The fourth-order valence-corrected chi connectivity index (χ4v) is 7.29. The number of rotatable bonds is 3. The van der Waals surface area contributed by atoms with Gasteiger partial charge in [0.1, 0.15) is 5.60 Å². The molecule has 178 valence electrons. The van der Waals surface area contributed by atoms with Crippen molar-refractivity contribution in [2.24, 2.45) is 28.6 Å².